The molecule has 0 aromatic heterocycles. The van der Waals surface area contributed by atoms with Gasteiger partial charge >= 0.3 is 0 Å². The summed E-state index contributed by atoms with van der Waals surface area (Å²) in [6.45, 7) is 2.11. The van der Waals surface area contributed by atoms with E-state index in [0.717, 1.165) is 5.56 Å². The summed E-state index contributed by atoms with van der Waals surface area (Å²) in [6, 6.07) is 8.93. The molecule has 7 heteroatoms. The lowest BCUT2D eigenvalue weighted by Gasteiger charge is -2.41. The van der Waals surface area contributed by atoms with Crippen molar-refractivity contribution in [1.29, 1.82) is 0 Å². The lowest BCUT2D eigenvalue weighted by molar-refractivity contribution is -0.0812. The Morgan fingerprint density at radius 2 is 1.96 bits per heavy atom. The molecule has 1 aliphatic heterocycles. The summed E-state index contributed by atoms with van der Waals surface area (Å²) in [7, 11) is 3.08. The number of halogens is 1. The van der Waals surface area contributed by atoms with Gasteiger partial charge in [-0.25, -0.2) is 4.39 Å². The van der Waals surface area contributed by atoms with Crippen LogP contribution in [0.1, 0.15) is 27.5 Å². The number of benzene rings is 2. The third kappa shape index (κ3) is 3.81. The molecule has 2 unspecified atom stereocenters. The van der Waals surface area contributed by atoms with E-state index in [1.165, 1.54) is 25.3 Å². The van der Waals surface area contributed by atoms with Crippen LogP contribution >= 0.6 is 0 Å². The first-order valence-electron chi connectivity index (χ1n) is 9.01. The molecule has 0 radical (unpaired) electrons. The van der Waals surface area contributed by atoms with Gasteiger partial charge in [-0.1, -0.05) is 6.07 Å². The highest BCUT2D eigenvalue weighted by molar-refractivity contribution is 5.96. The van der Waals surface area contributed by atoms with Crippen LogP contribution < -0.4 is 9.47 Å². The molecule has 0 saturated carbocycles. The summed E-state index contributed by atoms with van der Waals surface area (Å²) >= 11 is 0. The van der Waals surface area contributed by atoms with Crippen molar-refractivity contribution >= 4 is 5.91 Å². The van der Waals surface area contributed by atoms with Gasteiger partial charge in [0.25, 0.3) is 5.91 Å². The van der Waals surface area contributed by atoms with Gasteiger partial charge in [-0.05, 0) is 48.4 Å². The number of methoxy groups -OCH3 is 2. The number of nitrogens with zero attached hydrogens (tertiary/aromatic N) is 1. The molecule has 1 heterocycles. The monoisotopic (exact) mass is 389 g/mol. The van der Waals surface area contributed by atoms with E-state index in [2.05, 4.69) is 0 Å². The average Bonchev–Trinajstić information content (AvgIpc) is 2.72. The number of carbonyl (C=O) groups is 1. The summed E-state index contributed by atoms with van der Waals surface area (Å²) < 4.78 is 29.8. The molecule has 1 N–H and O–H groups in total. The van der Waals surface area contributed by atoms with Crippen molar-refractivity contribution in [2.45, 2.75) is 19.1 Å². The molecule has 2 aromatic rings. The highest BCUT2D eigenvalue weighted by Gasteiger charge is 2.37. The van der Waals surface area contributed by atoms with Crippen LogP contribution in [0, 0.1) is 12.7 Å². The van der Waals surface area contributed by atoms with Crippen molar-refractivity contribution in [2.75, 3.05) is 34.0 Å². The molecule has 0 spiro atoms. The molecule has 2 aromatic carbocycles. The fraction of sp³-hybridized carbons (Fsp3) is 0.381. The summed E-state index contributed by atoms with van der Waals surface area (Å²) in [6.07, 6.45) is -0.587. The predicted octanol–water partition coefficient (Wildman–Crippen LogP) is 2.73. The number of amides is 1. The quantitative estimate of drug-likeness (QED) is 0.852. The van der Waals surface area contributed by atoms with Gasteiger partial charge in [-0.3, -0.25) is 4.79 Å². The standard InChI is InChI=1S/C21H24FNO5/c1-13-10-15(22)5-6-16(13)21(25)23-8-9-28-19(12-24)20(23)14-4-7-17(26-2)18(11-14)27-3/h4-7,10-11,19-20,24H,8-9,12H2,1-3H3. The van der Waals surface area contributed by atoms with Crippen molar-refractivity contribution in [3.05, 3.63) is 58.9 Å². The second-order valence-corrected chi connectivity index (χ2v) is 6.61. The van der Waals surface area contributed by atoms with Crippen LogP contribution in [0.15, 0.2) is 36.4 Å². The van der Waals surface area contributed by atoms with Crippen LogP contribution in [0.3, 0.4) is 0 Å². The lowest BCUT2D eigenvalue weighted by atomic mass is 9.96. The van der Waals surface area contributed by atoms with E-state index in [1.54, 1.807) is 31.1 Å². The zero-order chi connectivity index (χ0) is 20.3. The second kappa shape index (κ2) is 8.58. The van der Waals surface area contributed by atoms with Gasteiger partial charge in [0.15, 0.2) is 11.5 Å². The number of hydrogen-bond acceptors (Lipinski definition) is 5. The number of carbonyl (C=O) groups excluding carboxylic acids is 1. The Bertz CT molecular complexity index is 857. The maximum absolute atomic E-state index is 13.5. The van der Waals surface area contributed by atoms with Gasteiger partial charge in [-0.15, -0.1) is 0 Å². The minimum Gasteiger partial charge on any atom is -0.493 e. The maximum Gasteiger partial charge on any atom is 0.254 e. The zero-order valence-corrected chi connectivity index (χ0v) is 16.1. The van der Waals surface area contributed by atoms with Crippen LogP contribution in [0.25, 0.3) is 0 Å². The number of hydrogen-bond donors (Lipinski definition) is 1. The first kappa shape index (κ1) is 20.1. The highest BCUT2D eigenvalue weighted by Crippen LogP contribution is 2.36. The fourth-order valence-corrected chi connectivity index (χ4v) is 3.57. The summed E-state index contributed by atoms with van der Waals surface area (Å²) in [5.74, 6) is 0.461. The maximum atomic E-state index is 13.5. The van der Waals surface area contributed by atoms with Crippen LogP contribution in [0.5, 0.6) is 11.5 Å². The molecular weight excluding hydrogens is 365 g/mol. The molecule has 150 valence electrons. The first-order valence-corrected chi connectivity index (χ1v) is 9.01. The van der Waals surface area contributed by atoms with E-state index in [1.807, 2.05) is 6.07 Å². The summed E-state index contributed by atoms with van der Waals surface area (Å²) in [4.78, 5) is 14.9. The van der Waals surface area contributed by atoms with Crippen molar-refractivity contribution in [1.82, 2.24) is 4.90 Å². The van der Waals surface area contributed by atoms with E-state index < -0.39 is 12.1 Å². The van der Waals surface area contributed by atoms with Crippen LogP contribution in [0.4, 0.5) is 4.39 Å². The molecule has 28 heavy (non-hydrogen) atoms. The van der Waals surface area contributed by atoms with Crippen LogP contribution in [-0.4, -0.2) is 56.0 Å². The molecule has 1 fully saturated rings. The Kier molecular flexibility index (Phi) is 6.16. The molecular formula is C21H24FNO5. The van der Waals surface area contributed by atoms with Gasteiger partial charge in [-0.2, -0.15) is 0 Å². The molecule has 0 aliphatic carbocycles. The van der Waals surface area contributed by atoms with E-state index >= 15 is 0 Å². The fourth-order valence-electron chi connectivity index (χ4n) is 3.57. The third-order valence-corrected chi connectivity index (χ3v) is 4.96. The number of rotatable bonds is 5. The normalized spacial score (nSPS) is 19.4. The lowest BCUT2D eigenvalue weighted by Crippen LogP contribution is -2.49. The topological polar surface area (TPSA) is 68.2 Å². The van der Waals surface area contributed by atoms with E-state index in [4.69, 9.17) is 14.2 Å². The Morgan fingerprint density at radius 3 is 2.61 bits per heavy atom. The van der Waals surface area contributed by atoms with Crippen LogP contribution in [-0.2, 0) is 4.74 Å². The van der Waals surface area contributed by atoms with Crippen molar-refractivity contribution in [3.8, 4) is 11.5 Å². The predicted molar refractivity (Wildman–Crippen MR) is 101 cm³/mol. The molecule has 6 nitrogen and oxygen atoms in total. The van der Waals surface area contributed by atoms with E-state index in [9.17, 15) is 14.3 Å². The number of ether oxygens (including phenoxy) is 3. The number of aliphatic hydroxyl groups excluding tert-OH is 1. The zero-order valence-electron chi connectivity index (χ0n) is 16.1. The van der Waals surface area contributed by atoms with E-state index in [-0.39, 0.29) is 18.3 Å². The number of aliphatic hydroxyl groups is 1. The second-order valence-electron chi connectivity index (χ2n) is 6.61. The van der Waals surface area contributed by atoms with Crippen molar-refractivity contribution in [2.24, 2.45) is 0 Å². The van der Waals surface area contributed by atoms with Gasteiger partial charge in [0, 0.05) is 12.1 Å². The highest BCUT2D eigenvalue weighted by atomic mass is 19.1. The molecule has 1 amide bonds. The molecule has 3 rings (SSSR count). The van der Waals surface area contributed by atoms with Gasteiger partial charge in [0.2, 0.25) is 0 Å². The average molecular weight is 389 g/mol. The first-order chi connectivity index (χ1) is 13.5. The molecule has 0 bridgehead atoms. The van der Waals surface area contributed by atoms with Crippen molar-refractivity contribution in [3.63, 3.8) is 0 Å². The smallest absolute Gasteiger partial charge is 0.254 e. The van der Waals surface area contributed by atoms with Gasteiger partial charge in [0.1, 0.15) is 11.9 Å². The Balaban J connectivity index is 2.02. The number of aryl methyl sites for hydroxylation is 1. The van der Waals surface area contributed by atoms with E-state index in [0.29, 0.717) is 35.8 Å². The minimum absolute atomic E-state index is 0.237. The van der Waals surface area contributed by atoms with Gasteiger partial charge in [0.05, 0.1) is 33.5 Å². The Morgan fingerprint density at radius 1 is 1.21 bits per heavy atom. The third-order valence-electron chi connectivity index (χ3n) is 4.96. The molecule has 2 atom stereocenters. The number of morpholine rings is 1. The van der Waals surface area contributed by atoms with Crippen molar-refractivity contribution < 1.29 is 28.5 Å². The molecule has 1 saturated heterocycles. The summed E-state index contributed by atoms with van der Waals surface area (Å²) in [5.41, 5.74) is 1.73. The van der Waals surface area contributed by atoms with Gasteiger partial charge < -0.3 is 24.2 Å². The minimum atomic E-state index is -0.587. The largest absolute Gasteiger partial charge is 0.493 e. The Hall–Kier alpha value is -2.64. The SMILES string of the molecule is COc1ccc(C2C(CO)OCCN2C(=O)c2ccc(F)cc2C)cc1OC. The van der Waals surface area contributed by atoms with Crippen LogP contribution in [0.2, 0.25) is 0 Å². The Labute approximate surface area is 163 Å². The molecule has 1 aliphatic rings. The summed E-state index contributed by atoms with van der Waals surface area (Å²) in [5, 5.41) is 9.84.